The molecule has 0 aliphatic heterocycles. The van der Waals surface area contributed by atoms with E-state index >= 15 is 0 Å². The second-order valence-corrected chi connectivity index (χ2v) is 7.93. The Kier molecular flexibility index (Phi) is 7.42. The van der Waals surface area contributed by atoms with E-state index in [1.807, 2.05) is 67.6 Å². The number of carbonyl (C=O) groups excluding carboxylic acids is 1. The highest BCUT2D eigenvalue weighted by molar-refractivity contribution is 5.92. The highest BCUT2D eigenvalue weighted by Gasteiger charge is 2.21. The first-order valence-corrected chi connectivity index (χ1v) is 11.2. The summed E-state index contributed by atoms with van der Waals surface area (Å²) >= 11 is 0. The van der Waals surface area contributed by atoms with Gasteiger partial charge in [0.25, 0.3) is 5.69 Å². The van der Waals surface area contributed by atoms with Gasteiger partial charge in [0.15, 0.2) is 0 Å². The summed E-state index contributed by atoms with van der Waals surface area (Å²) in [4.78, 5) is 29.9. The van der Waals surface area contributed by atoms with Gasteiger partial charge in [0, 0.05) is 36.7 Å². The molecule has 0 spiro atoms. The van der Waals surface area contributed by atoms with Gasteiger partial charge in [0.2, 0.25) is 17.6 Å². The van der Waals surface area contributed by atoms with E-state index < -0.39 is 4.92 Å². The number of amides is 1. The number of aromatic nitrogens is 2. The van der Waals surface area contributed by atoms with E-state index in [1.165, 1.54) is 12.1 Å². The lowest BCUT2D eigenvalue weighted by molar-refractivity contribution is -0.384. The SMILES string of the molecule is CC(c1ccccc1)N(CCc1nc(-c2cccc([N+](=O)[O-])c2)no1)C(=O)/C=C/c1ccccc1. The van der Waals surface area contributed by atoms with Crippen LogP contribution in [0.15, 0.2) is 95.5 Å². The molecule has 1 atom stereocenters. The fraction of sp³-hybridized carbons (Fsp3) is 0.148. The van der Waals surface area contributed by atoms with E-state index in [2.05, 4.69) is 10.1 Å². The Balaban J connectivity index is 1.51. The maximum absolute atomic E-state index is 13.2. The molecule has 0 aliphatic rings. The Hall–Kier alpha value is -4.59. The number of nitro benzene ring substituents is 1. The molecule has 1 heterocycles. The molecule has 0 saturated carbocycles. The van der Waals surface area contributed by atoms with Crippen LogP contribution in [0.4, 0.5) is 5.69 Å². The third-order valence-electron chi connectivity index (χ3n) is 5.60. The second kappa shape index (κ2) is 11.0. The summed E-state index contributed by atoms with van der Waals surface area (Å²) in [6.45, 7) is 2.33. The van der Waals surface area contributed by atoms with Gasteiger partial charge in [-0.3, -0.25) is 14.9 Å². The normalized spacial score (nSPS) is 11.9. The lowest BCUT2D eigenvalue weighted by Gasteiger charge is -2.28. The Morgan fingerprint density at radius 1 is 1.06 bits per heavy atom. The van der Waals surface area contributed by atoms with Gasteiger partial charge in [-0.05, 0) is 24.1 Å². The summed E-state index contributed by atoms with van der Waals surface area (Å²) in [5.74, 6) is 0.474. The van der Waals surface area contributed by atoms with Crippen LogP contribution in [0.1, 0.15) is 30.0 Å². The molecular weight excluding hydrogens is 444 g/mol. The van der Waals surface area contributed by atoms with E-state index in [-0.39, 0.29) is 23.5 Å². The van der Waals surface area contributed by atoms with Crippen LogP contribution in [-0.2, 0) is 11.2 Å². The first-order chi connectivity index (χ1) is 17.0. The van der Waals surface area contributed by atoms with Crippen LogP contribution in [0.2, 0.25) is 0 Å². The van der Waals surface area contributed by atoms with E-state index in [4.69, 9.17) is 4.52 Å². The monoisotopic (exact) mass is 468 g/mol. The summed E-state index contributed by atoms with van der Waals surface area (Å²) < 4.78 is 5.38. The number of carbonyl (C=O) groups is 1. The number of non-ortho nitro benzene ring substituents is 1. The second-order valence-electron chi connectivity index (χ2n) is 7.93. The van der Waals surface area contributed by atoms with Crippen molar-refractivity contribution in [2.75, 3.05) is 6.54 Å². The van der Waals surface area contributed by atoms with E-state index in [1.54, 1.807) is 29.2 Å². The molecule has 176 valence electrons. The number of hydrogen-bond acceptors (Lipinski definition) is 6. The van der Waals surface area contributed by atoms with Crippen molar-refractivity contribution in [3.63, 3.8) is 0 Å². The van der Waals surface area contributed by atoms with E-state index in [0.717, 1.165) is 11.1 Å². The van der Waals surface area contributed by atoms with Gasteiger partial charge in [0.05, 0.1) is 11.0 Å². The zero-order chi connectivity index (χ0) is 24.6. The molecule has 1 unspecified atom stereocenters. The minimum atomic E-state index is -0.470. The van der Waals surface area contributed by atoms with Gasteiger partial charge in [-0.1, -0.05) is 78.0 Å². The van der Waals surface area contributed by atoms with Gasteiger partial charge < -0.3 is 9.42 Å². The van der Waals surface area contributed by atoms with E-state index in [0.29, 0.717) is 24.4 Å². The molecular formula is C27H24N4O4. The molecule has 1 aromatic heterocycles. The Morgan fingerprint density at radius 3 is 2.49 bits per heavy atom. The Labute approximate surface area is 202 Å². The average molecular weight is 469 g/mol. The van der Waals surface area contributed by atoms with Crippen LogP contribution in [0.5, 0.6) is 0 Å². The third kappa shape index (κ3) is 6.05. The third-order valence-corrected chi connectivity index (χ3v) is 5.60. The molecule has 0 bridgehead atoms. The van der Waals surface area contributed by atoms with Crippen LogP contribution in [0.3, 0.4) is 0 Å². The number of hydrogen-bond donors (Lipinski definition) is 0. The van der Waals surface area contributed by atoms with Crippen molar-refractivity contribution in [2.45, 2.75) is 19.4 Å². The van der Waals surface area contributed by atoms with Crippen molar-refractivity contribution in [1.82, 2.24) is 15.0 Å². The highest BCUT2D eigenvalue weighted by atomic mass is 16.6. The van der Waals surface area contributed by atoms with Crippen molar-refractivity contribution in [3.05, 3.63) is 118 Å². The molecule has 3 aromatic carbocycles. The molecule has 4 aromatic rings. The summed E-state index contributed by atoms with van der Waals surface area (Å²) in [5, 5.41) is 15.0. The van der Waals surface area contributed by atoms with Crippen molar-refractivity contribution >= 4 is 17.7 Å². The van der Waals surface area contributed by atoms with Crippen molar-refractivity contribution in [2.24, 2.45) is 0 Å². The molecule has 0 aliphatic carbocycles. The lowest BCUT2D eigenvalue weighted by Crippen LogP contribution is -2.34. The maximum Gasteiger partial charge on any atom is 0.270 e. The van der Waals surface area contributed by atoms with Gasteiger partial charge in [-0.25, -0.2) is 0 Å². The van der Waals surface area contributed by atoms with Crippen LogP contribution >= 0.6 is 0 Å². The van der Waals surface area contributed by atoms with Crippen LogP contribution in [0, 0.1) is 10.1 Å². The number of benzene rings is 3. The maximum atomic E-state index is 13.2. The van der Waals surface area contributed by atoms with Gasteiger partial charge in [-0.2, -0.15) is 4.98 Å². The standard InChI is InChI=1S/C27H24N4O4/c1-20(22-11-6-3-7-12-22)30(26(32)16-15-21-9-4-2-5-10-21)18-17-25-28-27(29-35-25)23-13-8-14-24(19-23)31(33)34/h2-16,19-20H,17-18H2,1H3/b16-15+. The molecule has 0 saturated heterocycles. The zero-order valence-corrected chi connectivity index (χ0v) is 19.2. The number of nitro groups is 1. The molecule has 0 fully saturated rings. The Morgan fingerprint density at radius 2 is 1.77 bits per heavy atom. The predicted molar refractivity (Wildman–Crippen MR) is 132 cm³/mol. The van der Waals surface area contributed by atoms with Gasteiger partial charge in [-0.15, -0.1) is 0 Å². The van der Waals surface area contributed by atoms with Crippen molar-refractivity contribution in [3.8, 4) is 11.4 Å². The molecule has 1 amide bonds. The molecule has 0 N–H and O–H groups in total. The topological polar surface area (TPSA) is 102 Å². The van der Waals surface area contributed by atoms with Crippen molar-refractivity contribution < 1.29 is 14.2 Å². The average Bonchev–Trinajstić information content (AvgIpc) is 3.38. The van der Waals surface area contributed by atoms with Crippen molar-refractivity contribution in [1.29, 1.82) is 0 Å². The largest absolute Gasteiger partial charge is 0.339 e. The van der Waals surface area contributed by atoms with Gasteiger partial charge in [0.1, 0.15) is 0 Å². The molecule has 8 heteroatoms. The fourth-order valence-electron chi connectivity index (χ4n) is 3.68. The minimum absolute atomic E-state index is 0.0486. The summed E-state index contributed by atoms with van der Waals surface area (Å²) in [6, 6.07) is 25.3. The van der Waals surface area contributed by atoms with Crippen LogP contribution in [-0.4, -0.2) is 32.4 Å². The number of nitrogens with zero attached hydrogens (tertiary/aromatic N) is 4. The van der Waals surface area contributed by atoms with E-state index in [9.17, 15) is 14.9 Å². The summed E-state index contributed by atoms with van der Waals surface area (Å²) in [5.41, 5.74) is 2.39. The molecule has 4 rings (SSSR count). The summed E-state index contributed by atoms with van der Waals surface area (Å²) in [6.07, 6.45) is 3.70. The quantitative estimate of drug-likeness (QED) is 0.183. The van der Waals surface area contributed by atoms with Crippen LogP contribution in [0.25, 0.3) is 17.5 Å². The van der Waals surface area contributed by atoms with Gasteiger partial charge >= 0.3 is 0 Å². The predicted octanol–water partition coefficient (Wildman–Crippen LogP) is 5.49. The smallest absolute Gasteiger partial charge is 0.270 e. The molecule has 35 heavy (non-hydrogen) atoms. The fourth-order valence-corrected chi connectivity index (χ4v) is 3.68. The number of rotatable bonds is 9. The lowest BCUT2D eigenvalue weighted by atomic mass is 10.1. The molecule has 0 radical (unpaired) electrons. The van der Waals surface area contributed by atoms with Crippen LogP contribution < -0.4 is 0 Å². The minimum Gasteiger partial charge on any atom is -0.339 e. The summed E-state index contributed by atoms with van der Waals surface area (Å²) in [7, 11) is 0. The first kappa shape index (κ1) is 23.6. The molecule has 8 nitrogen and oxygen atoms in total. The zero-order valence-electron chi connectivity index (χ0n) is 19.2. The Bertz CT molecular complexity index is 1320. The first-order valence-electron chi connectivity index (χ1n) is 11.2. The highest BCUT2D eigenvalue weighted by Crippen LogP contribution is 2.23.